The van der Waals surface area contributed by atoms with Crippen LogP contribution in [-0.4, -0.2) is 24.3 Å². The van der Waals surface area contributed by atoms with Crippen LogP contribution in [0.25, 0.3) is 11.0 Å². The summed E-state index contributed by atoms with van der Waals surface area (Å²) >= 11 is 0. The third-order valence-corrected chi connectivity index (χ3v) is 2.75. The monoisotopic (exact) mass is 264 g/mol. The van der Waals surface area contributed by atoms with Gasteiger partial charge in [0.2, 0.25) is 5.76 Å². The second-order valence-corrected chi connectivity index (χ2v) is 4.03. The van der Waals surface area contributed by atoms with Gasteiger partial charge in [-0.15, -0.1) is 0 Å². The smallest absolute Gasteiger partial charge is 0.374 e. The van der Waals surface area contributed by atoms with E-state index in [1.165, 1.54) is 6.07 Å². The van der Waals surface area contributed by atoms with Crippen LogP contribution in [0.1, 0.15) is 30.0 Å². The molecule has 2 rings (SSSR count). The molecule has 0 saturated heterocycles. The minimum absolute atomic E-state index is 0.0257. The molecule has 102 valence electrons. The number of fused-ring (bicyclic) bond motifs is 1. The van der Waals surface area contributed by atoms with Gasteiger partial charge in [-0.3, -0.25) is 0 Å². The number of carbonyl (C=O) groups is 1. The topological polar surface area (TPSA) is 68.9 Å². The first-order chi connectivity index (χ1) is 9.08. The van der Waals surface area contributed by atoms with Crippen molar-refractivity contribution in [3.63, 3.8) is 0 Å². The molecule has 5 heteroatoms. The van der Waals surface area contributed by atoms with Crippen LogP contribution < -0.4 is 4.74 Å². The molecule has 1 aromatic heterocycles. The maximum atomic E-state index is 11.7. The molecule has 0 radical (unpaired) electrons. The summed E-state index contributed by atoms with van der Waals surface area (Å²) in [6.45, 7) is 6.03. The van der Waals surface area contributed by atoms with Crippen molar-refractivity contribution in [3.05, 3.63) is 23.5 Å². The molecule has 1 heterocycles. The highest BCUT2D eigenvalue weighted by atomic mass is 16.5. The highest BCUT2D eigenvalue weighted by molar-refractivity contribution is 5.98. The standard InChI is InChI=1S/C14H16O5/c1-4-17-9-6-10(15)12-8(3)13(14(16)18-5-2)19-11(12)7-9/h6-7,15H,4-5H2,1-3H3. The predicted octanol–water partition coefficient (Wildman–Crippen LogP) is 3.02. The third-order valence-electron chi connectivity index (χ3n) is 2.75. The second kappa shape index (κ2) is 5.22. The Bertz CT molecular complexity index is 612. The summed E-state index contributed by atoms with van der Waals surface area (Å²) < 4.78 is 15.7. The van der Waals surface area contributed by atoms with E-state index < -0.39 is 5.97 Å². The first-order valence-electron chi connectivity index (χ1n) is 6.14. The Morgan fingerprint density at radius 1 is 1.32 bits per heavy atom. The number of hydrogen-bond acceptors (Lipinski definition) is 5. The summed E-state index contributed by atoms with van der Waals surface area (Å²) in [5, 5.41) is 10.5. The largest absolute Gasteiger partial charge is 0.507 e. The SMILES string of the molecule is CCOC(=O)c1oc2cc(OCC)cc(O)c2c1C. The van der Waals surface area contributed by atoms with E-state index in [0.717, 1.165) is 0 Å². The van der Waals surface area contributed by atoms with Crippen molar-refractivity contribution in [3.8, 4) is 11.5 Å². The van der Waals surface area contributed by atoms with E-state index in [1.54, 1.807) is 19.9 Å². The van der Waals surface area contributed by atoms with Gasteiger partial charge in [0.05, 0.1) is 18.6 Å². The van der Waals surface area contributed by atoms with Gasteiger partial charge in [-0.1, -0.05) is 0 Å². The van der Waals surface area contributed by atoms with Crippen molar-refractivity contribution in [2.75, 3.05) is 13.2 Å². The lowest BCUT2D eigenvalue weighted by Crippen LogP contribution is -2.04. The van der Waals surface area contributed by atoms with E-state index in [4.69, 9.17) is 13.9 Å². The molecule has 0 atom stereocenters. The number of hydrogen-bond donors (Lipinski definition) is 1. The molecule has 0 aliphatic rings. The van der Waals surface area contributed by atoms with Crippen LogP contribution in [0.3, 0.4) is 0 Å². The molecule has 19 heavy (non-hydrogen) atoms. The fourth-order valence-electron chi connectivity index (χ4n) is 1.98. The Kier molecular flexibility index (Phi) is 3.64. The third kappa shape index (κ3) is 2.36. The first-order valence-corrected chi connectivity index (χ1v) is 6.14. The number of aryl methyl sites for hydroxylation is 1. The lowest BCUT2D eigenvalue weighted by Gasteiger charge is -2.03. The van der Waals surface area contributed by atoms with Crippen molar-refractivity contribution in [1.29, 1.82) is 0 Å². The van der Waals surface area contributed by atoms with E-state index in [-0.39, 0.29) is 18.1 Å². The number of ether oxygens (including phenoxy) is 2. The maximum absolute atomic E-state index is 11.7. The van der Waals surface area contributed by atoms with Crippen molar-refractivity contribution in [2.45, 2.75) is 20.8 Å². The fourth-order valence-corrected chi connectivity index (χ4v) is 1.98. The summed E-state index contributed by atoms with van der Waals surface area (Å²) in [7, 11) is 0. The lowest BCUT2D eigenvalue weighted by atomic mass is 10.1. The Morgan fingerprint density at radius 2 is 2.05 bits per heavy atom. The van der Waals surface area contributed by atoms with Gasteiger partial charge in [0.1, 0.15) is 17.1 Å². The van der Waals surface area contributed by atoms with Crippen molar-refractivity contribution >= 4 is 16.9 Å². The molecule has 0 aliphatic carbocycles. The summed E-state index contributed by atoms with van der Waals surface area (Å²) in [6, 6.07) is 3.15. The molecule has 0 amide bonds. The van der Waals surface area contributed by atoms with Crippen LogP contribution in [0.15, 0.2) is 16.5 Å². The number of phenols is 1. The van der Waals surface area contributed by atoms with Gasteiger partial charge in [-0.2, -0.15) is 0 Å². The van der Waals surface area contributed by atoms with Gasteiger partial charge in [0.25, 0.3) is 0 Å². The van der Waals surface area contributed by atoms with E-state index in [9.17, 15) is 9.90 Å². The summed E-state index contributed by atoms with van der Waals surface area (Å²) in [6.07, 6.45) is 0. The van der Waals surface area contributed by atoms with Crippen LogP contribution in [0.5, 0.6) is 11.5 Å². The van der Waals surface area contributed by atoms with Gasteiger partial charge in [-0.25, -0.2) is 4.79 Å². The number of aromatic hydroxyl groups is 1. The van der Waals surface area contributed by atoms with Crippen LogP contribution in [0.2, 0.25) is 0 Å². The molecule has 0 saturated carbocycles. The van der Waals surface area contributed by atoms with Gasteiger partial charge in [0.15, 0.2) is 0 Å². The van der Waals surface area contributed by atoms with Crippen molar-refractivity contribution in [2.24, 2.45) is 0 Å². The molecule has 0 spiro atoms. The minimum atomic E-state index is -0.534. The number of carbonyl (C=O) groups excluding carboxylic acids is 1. The number of phenolic OH excluding ortho intramolecular Hbond substituents is 1. The molecule has 1 aromatic carbocycles. The number of rotatable bonds is 4. The average Bonchev–Trinajstić information content (AvgIpc) is 2.68. The summed E-state index contributed by atoms with van der Waals surface area (Å²) in [5.74, 6) is 0.101. The van der Waals surface area contributed by atoms with Crippen LogP contribution >= 0.6 is 0 Å². The van der Waals surface area contributed by atoms with E-state index in [1.807, 2.05) is 6.92 Å². The van der Waals surface area contributed by atoms with Crippen LogP contribution in [0.4, 0.5) is 0 Å². The van der Waals surface area contributed by atoms with Crippen LogP contribution in [0, 0.1) is 6.92 Å². The second-order valence-electron chi connectivity index (χ2n) is 4.03. The Morgan fingerprint density at radius 3 is 2.68 bits per heavy atom. The average molecular weight is 264 g/mol. The molecule has 0 bridgehead atoms. The Labute approximate surface area is 110 Å². The highest BCUT2D eigenvalue weighted by Crippen LogP contribution is 2.36. The first kappa shape index (κ1) is 13.3. The summed E-state index contributed by atoms with van der Waals surface area (Å²) in [5.41, 5.74) is 0.970. The van der Waals surface area contributed by atoms with Gasteiger partial charge in [0, 0.05) is 17.7 Å². The molecule has 0 fully saturated rings. The molecule has 5 nitrogen and oxygen atoms in total. The predicted molar refractivity (Wildman–Crippen MR) is 69.7 cm³/mol. The molecule has 1 N–H and O–H groups in total. The maximum Gasteiger partial charge on any atom is 0.374 e. The zero-order valence-electron chi connectivity index (χ0n) is 11.1. The van der Waals surface area contributed by atoms with Crippen molar-refractivity contribution < 1.29 is 23.8 Å². The highest BCUT2D eigenvalue weighted by Gasteiger charge is 2.21. The number of furan rings is 1. The quantitative estimate of drug-likeness (QED) is 0.859. The van der Waals surface area contributed by atoms with Gasteiger partial charge >= 0.3 is 5.97 Å². The van der Waals surface area contributed by atoms with Gasteiger partial charge in [-0.05, 0) is 20.8 Å². The number of benzene rings is 1. The number of esters is 1. The normalized spacial score (nSPS) is 10.7. The van der Waals surface area contributed by atoms with E-state index in [2.05, 4.69) is 0 Å². The van der Waals surface area contributed by atoms with E-state index >= 15 is 0 Å². The Hall–Kier alpha value is -2.17. The Balaban J connectivity index is 2.56. The molecule has 0 aliphatic heterocycles. The van der Waals surface area contributed by atoms with Gasteiger partial charge < -0.3 is 19.0 Å². The molecular formula is C14H16O5. The zero-order chi connectivity index (χ0) is 14.0. The van der Waals surface area contributed by atoms with E-state index in [0.29, 0.717) is 28.9 Å². The minimum Gasteiger partial charge on any atom is -0.507 e. The summed E-state index contributed by atoms with van der Waals surface area (Å²) in [4.78, 5) is 11.7. The lowest BCUT2D eigenvalue weighted by molar-refractivity contribution is 0.0491. The molecule has 2 aromatic rings. The van der Waals surface area contributed by atoms with Crippen molar-refractivity contribution in [1.82, 2.24) is 0 Å². The zero-order valence-corrected chi connectivity index (χ0v) is 11.1. The van der Waals surface area contributed by atoms with Crippen LogP contribution in [-0.2, 0) is 4.74 Å². The fraction of sp³-hybridized carbons (Fsp3) is 0.357. The molecule has 0 unspecified atom stereocenters. The molecular weight excluding hydrogens is 248 g/mol.